The molecule has 0 saturated carbocycles. The van der Waals surface area contributed by atoms with Crippen molar-refractivity contribution in [2.75, 3.05) is 13.2 Å². The molecule has 0 aliphatic carbocycles. The zero-order valence-electron chi connectivity index (χ0n) is 4.27. The van der Waals surface area contributed by atoms with Crippen LogP contribution in [-0.2, 0) is 4.74 Å². The van der Waals surface area contributed by atoms with Crippen LogP contribution < -0.4 is 0 Å². The summed E-state index contributed by atoms with van der Waals surface area (Å²) in [6.45, 7) is 3.53. The largest absolute Gasteiger partial charge is 0.372 e. The highest BCUT2D eigenvalue weighted by molar-refractivity contribution is 7.84. The van der Waals surface area contributed by atoms with Gasteiger partial charge in [-0.1, -0.05) is 0 Å². The summed E-state index contributed by atoms with van der Waals surface area (Å²) >= 11 is 4.14. The lowest BCUT2D eigenvalue weighted by Crippen LogP contribution is -1.81. The molecule has 40 valence electrons. The zero-order valence-corrected chi connectivity index (χ0v) is 5.16. The van der Waals surface area contributed by atoms with E-state index in [4.69, 9.17) is 4.74 Å². The Kier molecular flexibility index (Phi) is 1.40. The van der Waals surface area contributed by atoms with Gasteiger partial charge in [-0.3, -0.25) is 0 Å². The van der Waals surface area contributed by atoms with Gasteiger partial charge < -0.3 is 4.74 Å². The van der Waals surface area contributed by atoms with Gasteiger partial charge in [0, 0.05) is 4.91 Å². The van der Waals surface area contributed by atoms with Gasteiger partial charge in [0.2, 0.25) is 0 Å². The van der Waals surface area contributed by atoms with Gasteiger partial charge >= 0.3 is 0 Å². The molecule has 0 aromatic heterocycles. The molecule has 0 fully saturated rings. The Bertz CT molecular complexity index is 94.6. The molecule has 0 bridgehead atoms. The minimum absolute atomic E-state index is 0.717. The molecule has 1 heterocycles. The summed E-state index contributed by atoms with van der Waals surface area (Å²) in [5, 5.41) is 0. The normalized spacial score (nSPS) is 21.4. The van der Waals surface area contributed by atoms with E-state index in [9.17, 15) is 0 Å². The van der Waals surface area contributed by atoms with Crippen LogP contribution in [0.1, 0.15) is 6.92 Å². The average molecular weight is 116 g/mol. The summed E-state index contributed by atoms with van der Waals surface area (Å²) < 4.78 is 5.02. The van der Waals surface area contributed by atoms with Crippen LogP contribution in [-0.4, -0.2) is 13.2 Å². The van der Waals surface area contributed by atoms with Gasteiger partial charge in [-0.05, 0) is 12.5 Å². The van der Waals surface area contributed by atoms with Crippen LogP contribution in [0.4, 0.5) is 0 Å². The van der Waals surface area contributed by atoms with Gasteiger partial charge in [-0.25, -0.2) is 0 Å². The predicted octanol–water partition coefficient (Wildman–Crippen LogP) is 1.22. The van der Waals surface area contributed by atoms with Gasteiger partial charge in [0.15, 0.2) is 0 Å². The van der Waals surface area contributed by atoms with Gasteiger partial charge in [-0.2, -0.15) is 0 Å². The number of rotatable bonds is 0. The second-order valence-electron chi connectivity index (χ2n) is 1.72. The van der Waals surface area contributed by atoms with Crippen LogP contribution in [0, 0.1) is 0 Å². The number of thiol groups is 1. The van der Waals surface area contributed by atoms with Gasteiger partial charge in [0.05, 0.1) is 13.2 Å². The Hall–Kier alpha value is 0.0500. The van der Waals surface area contributed by atoms with Crippen LogP contribution in [0.3, 0.4) is 0 Å². The Labute approximate surface area is 48.8 Å². The quantitative estimate of drug-likeness (QED) is 0.468. The summed E-state index contributed by atoms with van der Waals surface area (Å²) in [6.07, 6.45) is 0. The van der Waals surface area contributed by atoms with E-state index in [1.165, 1.54) is 5.57 Å². The fraction of sp³-hybridized carbons (Fsp3) is 0.600. The first kappa shape index (κ1) is 5.19. The third kappa shape index (κ3) is 0.983. The van der Waals surface area contributed by atoms with E-state index >= 15 is 0 Å². The molecule has 0 saturated heterocycles. The maximum Gasteiger partial charge on any atom is 0.0777 e. The minimum Gasteiger partial charge on any atom is -0.372 e. The molecule has 1 aliphatic heterocycles. The molecular weight excluding hydrogens is 108 g/mol. The fourth-order valence-corrected chi connectivity index (χ4v) is 0.663. The molecule has 7 heavy (non-hydrogen) atoms. The second kappa shape index (κ2) is 1.88. The molecule has 1 nitrogen and oxygen atoms in total. The van der Waals surface area contributed by atoms with Crippen molar-refractivity contribution in [1.82, 2.24) is 0 Å². The first-order valence-electron chi connectivity index (χ1n) is 2.26. The summed E-state index contributed by atoms with van der Waals surface area (Å²) in [6, 6.07) is 0. The van der Waals surface area contributed by atoms with Crippen LogP contribution >= 0.6 is 12.6 Å². The molecule has 0 spiro atoms. The highest BCUT2D eigenvalue weighted by atomic mass is 32.1. The Morgan fingerprint density at radius 2 is 2.29 bits per heavy atom. The van der Waals surface area contributed by atoms with Crippen molar-refractivity contribution < 1.29 is 4.74 Å². The maximum atomic E-state index is 5.02. The lowest BCUT2D eigenvalue weighted by atomic mass is 10.3. The molecule has 0 aromatic carbocycles. The Balaban J connectivity index is 2.64. The third-order valence-electron chi connectivity index (χ3n) is 1.05. The molecule has 1 rings (SSSR count). The predicted molar refractivity (Wildman–Crippen MR) is 32.5 cm³/mol. The maximum absolute atomic E-state index is 5.02. The van der Waals surface area contributed by atoms with E-state index in [0.717, 1.165) is 18.1 Å². The zero-order chi connectivity index (χ0) is 5.28. The molecule has 2 heteroatoms. The van der Waals surface area contributed by atoms with E-state index in [2.05, 4.69) is 12.6 Å². The SMILES string of the molecule is CC1=C(S)COC1. The van der Waals surface area contributed by atoms with E-state index in [-0.39, 0.29) is 0 Å². The average Bonchev–Trinajstić information content (AvgIpc) is 1.91. The van der Waals surface area contributed by atoms with Crippen molar-refractivity contribution in [2.45, 2.75) is 6.92 Å². The number of hydrogen-bond donors (Lipinski definition) is 1. The molecule has 1 aliphatic rings. The molecule has 0 radical (unpaired) electrons. The van der Waals surface area contributed by atoms with Gasteiger partial charge in [0.1, 0.15) is 0 Å². The Morgan fingerprint density at radius 1 is 1.57 bits per heavy atom. The molecule has 0 aromatic rings. The number of ether oxygens (including phenoxy) is 1. The van der Waals surface area contributed by atoms with Crippen LogP contribution in [0.5, 0.6) is 0 Å². The van der Waals surface area contributed by atoms with Gasteiger partial charge in [-0.15, -0.1) is 12.6 Å². The summed E-state index contributed by atoms with van der Waals surface area (Å²) in [5.74, 6) is 0. The van der Waals surface area contributed by atoms with Crippen LogP contribution in [0.2, 0.25) is 0 Å². The molecule has 0 amide bonds. The molecule has 0 N–H and O–H groups in total. The topological polar surface area (TPSA) is 9.23 Å². The summed E-state index contributed by atoms with van der Waals surface area (Å²) in [4.78, 5) is 1.10. The van der Waals surface area contributed by atoms with Crippen molar-refractivity contribution in [1.29, 1.82) is 0 Å². The minimum atomic E-state index is 0.717. The lowest BCUT2D eigenvalue weighted by Gasteiger charge is -1.83. The molecule has 0 unspecified atom stereocenters. The first-order valence-corrected chi connectivity index (χ1v) is 2.71. The van der Waals surface area contributed by atoms with Crippen molar-refractivity contribution in [3.63, 3.8) is 0 Å². The van der Waals surface area contributed by atoms with Crippen molar-refractivity contribution in [2.24, 2.45) is 0 Å². The van der Waals surface area contributed by atoms with E-state index < -0.39 is 0 Å². The summed E-state index contributed by atoms with van der Waals surface area (Å²) in [5.41, 5.74) is 1.27. The van der Waals surface area contributed by atoms with E-state index in [0.29, 0.717) is 0 Å². The smallest absolute Gasteiger partial charge is 0.0777 e. The van der Waals surface area contributed by atoms with E-state index in [1.54, 1.807) is 0 Å². The molecular formula is C5H8OS. The van der Waals surface area contributed by atoms with Crippen LogP contribution in [0.15, 0.2) is 10.5 Å². The van der Waals surface area contributed by atoms with Crippen LogP contribution in [0.25, 0.3) is 0 Å². The Morgan fingerprint density at radius 3 is 2.43 bits per heavy atom. The van der Waals surface area contributed by atoms with Gasteiger partial charge in [0.25, 0.3) is 0 Å². The third-order valence-corrected chi connectivity index (χ3v) is 1.56. The number of hydrogen-bond acceptors (Lipinski definition) is 2. The monoisotopic (exact) mass is 116 g/mol. The second-order valence-corrected chi connectivity index (χ2v) is 2.26. The molecule has 0 atom stereocenters. The summed E-state index contributed by atoms with van der Waals surface area (Å²) in [7, 11) is 0. The van der Waals surface area contributed by atoms with Crippen molar-refractivity contribution in [3.8, 4) is 0 Å². The van der Waals surface area contributed by atoms with E-state index in [1.807, 2.05) is 6.92 Å². The lowest BCUT2D eigenvalue weighted by molar-refractivity contribution is 0.207. The first-order chi connectivity index (χ1) is 3.30. The standard InChI is InChI=1S/C5H8OS/c1-4-2-6-3-5(4)7/h7H,2-3H2,1H3. The highest BCUT2D eigenvalue weighted by Crippen LogP contribution is 2.15. The van der Waals surface area contributed by atoms with Crippen molar-refractivity contribution in [3.05, 3.63) is 10.5 Å². The highest BCUT2D eigenvalue weighted by Gasteiger charge is 2.04. The fourth-order valence-electron chi connectivity index (χ4n) is 0.507. The van der Waals surface area contributed by atoms with Crippen molar-refractivity contribution >= 4 is 12.6 Å².